The van der Waals surface area contributed by atoms with E-state index in [1.165, 1.54) is 0 Å². The van der Waals surface area contributed by atoms with Crippen LogP contribution in [0, 0.1) is 0 Å². The Balaban J connectivity index is 1.59. The van der Waals surface area contributed by atoms with Crippen LogP contribution >= 0.6 is 15.9 Å². The summed E-state index contributed by atoms with van der Waals surface area (Å²) in [5.41, 5.74) is -0.404. The number of piperazine rings is 1. The van der Waals surface area contributed by atoms with Gasteiger partial charge < -0.3 is 9.80 Å². The second-order valence-electron chi connectivity index (χ2n) is 5.57. The number of carbonyl (C=O) groups is 1. The first kappa shape index (κ1) is 13.9. The van der Waals surface area contributed by atoms with Gasteiger partial charge in [0.2, 0.25) is 0 Å². The summed E-state index contributed by atoms with van der Waals surface area (Å²) in [4.78, 5) is 16.0. The van der Waals surface area contributed by atoms with E-state index < -0.39 is 5.67 Å². The van der Waals surface area contributed by atoms with Crippen LogP contribution in [0.1, 0.15) is 19.3 Å². The van der Waals surface area contributed by atoms with Crippen molar-refractivity contribution in [2.45, 2.75) is 24.9 Å². The summed E-state index contributed by atoms with van der Waals surface area (Å²) in [6.07, 6.45) is 1.64. The van der Waals surface area contributed by atoms with Gasteiger partial charge in [-0.1, -0.05) is 15.9 Å². The van der Waals surface area contributed by atoms with E-state index in [1.54, 1.807) is 4.90 Å². The third-order valence-electron chi connectivity index (χ3n) is 4.29. The standard InChI is InChI=1S/C15H18BrFN2O/c16-12-2-4-13(5-3-12)18-8-10-19(11-9-18)14(20)15(17)6-1-7-15/h2-5H,1,6-11H2. The van der Waals surface area contributed by atoms with Crippen molar-refractivity contribution in [2.75, 3.05) is 31.1 Å². The Labute approximate surface area is 126 Å². The van der Waals surface area contributed by atoms with Crippen LogP contribution in [0.5, 0.6) is 0 Å². The van der Waals surface area contributed by atoms with Crippen molar-refractivity contribution in [3.63, 3.8) is 0 Å². The largest absolute Gasteiger partial charge is 0.368 e. The van der Waals surface area contributed by atoms with Crippen molar-refractivity contribution in [3.05, 3.63) is 28.7 Å². The van der Waals surface area contributed by atoms with Crippen LogP contribution in [-0.2, 0) is 4.79 Å². The summed E-state index contributed by atoms with van der Waals surface area (Å²) < 4.78 is 15.2. The molecule has 0 atom stereocenters. The summed E-state index contributed by atoms with van der Waals surface area (Å²) in [6, 6.07) is 8.14. The van der Waals surface area contributed by atoms with Crippen LogP contribution in [0.2, 0.25) is 0 Å². The SMILES string of the molecule is O=C(N1CCN(c2ccc(Br)cc2)CC1)C1(F)CCC1. The van der Waals surface area contributed by atoms with Gasteiger partial charge >= 0.3 is 0 Å². The van der Waals surface area contributed by atoms with Gasteiger partial charge in [-0.25, -0.2) is 4.39 Å². The number of halogens is 2. The molecule has 3 rings (SSSR count). The van der Waals surface area contributed by atoms with E-state index in [-0.39, 0.29) is 5.91 Å². The number of hydrogen-bond acceptors (Lipinski definition) is 2. The normalized spacial score (nSPS) is 21.5. The van der Waals surface area contributed by atoms with E-state index in [9.17, 15) is 9.18 Å². The zero-order valence-corrected chi connectivity index (χ0v) is 12.9. The second kappa shape index (κ2) is 5.35. The molecular formula is C15H18BrFN2O. The third-order valence-corrected chi connectivity index (χ3v) is 4.82. The van der Waals surface area contributed by atoms with Crippen molar-refractivity contribution in [1.82, 2.24) is 4.90 Å². The summed E-state index contributed by atoms with van der Waals surface area (Å²) >= 11 is 3.42. The van der Waals surface area contributed by atoms with Gasteiger partial charge in [0.05, 0.1) is 0 Å². The maximum absolute atomic E-state index is 14.1. The first-order valence-electron chi connectivity index (χ1n) is 7.07. The van der Waals surface area contributed by atoms with Crippen molar-refractivity contribution >= 4 is 27.5 Å². The lowest BCUT2D eigenvalue weighted by molar-refractivity contribution is -0.150. The van der Waals surface area contributed by atoms with Crippen molar-refractivity contribution in [2.24, 2.45) is 0 Å². The number of rotatable bonds is 2. The molecule has 0 radical (unpaired) electrons. The van der Waals surface area contributed by atoms with Gasteiger partial charge in [-0.2, -0.15) is 0 Å². The predicted octanol–water partition coefficient (Wildman–Crippen LogP) is 2.99. The van der Waals surface area contributed by atoms with Crippen LogP contribution in [-0.4, -0.2) is 42.7 Å². The van der Waals surface area contributed by atoms with E-state index in [0.29, 0.717) is 25.9 Å². The van der Waals surface area contributed by atoms with E-state index >= 15 is 0 Å². The zero-order chi connectivity index (χ0) is 14.2. The molecule has 0 spiro atoms. The number of alkyl halides is 1. The summed E-state index contributed by atoms with van der Waals surface area (Å²) in [5, 5.41) is 0. The van der Waals surface area contributed by atoms with Gasteiger partial charge in [0.25, 0.3) is 5.91 Å². The minimum Gasteiger partial charge on any atom is -0.368 e. The Morgan fingerprint density at radius 2 is 1.70 bits per heavy atom. The van der Waals surface area contributed by atoms with E-state index in [0.717, 1.165) is 29.7 Å². The van der Waals surface area contributed by atoms with Crippen LogP contribution in [0.4, 0.5) is 10.1 Å². The van der Waals surface area contributed by atoms with Gasteiger partial charge in [-0.3, -0.25) is 4.79 Å². The molecule has 2 fully saturated rings. The Hall–Kier alpha value is -1.10. The Morgan fingerprint density at radius 1 is 1.10 bits per heavy atom. The van der Waals surface area contributed by atoms with Crippen LogP contribution in [0.25, 0.3) is 0 Å². The van der Waals surface area contributed by atoms with Crippen LogP contribution in [0.3, 0.4) is 0 Å². The Morgan fingerprint density at radius 3 is 2.20 bits per heavy atom. The van der Waals surface area contributed by atoms with E-state index in [1.807, 2.05) is 12.1 Å². The number of nitrogens with zero attached hydrogens (tertiary/aromatic N) is 2. The quantitative estimate of drug-likeness (QED) is 0.826. The first-order valence-corrected chi connectivity index (χ1v) is 7.87. The molecule has 1 aliphatic heterocycles. The molecule has 108 valence electrons. The molecule has 1 heterocycles. The topological polar surface area (TPSA) is 23.6 Å². The average Bonchev–Trinajstić information content (AvgIpc) is 2.45. The Kier molecular flexibility index (Phi) is 3.71. The van der Waals surface area contributed by atoms with Gasteiger partial charge in [0.1, 0.15) is 0 Å². The third kappa shape index (κ3) is 2.55. The summed E-state index contributed by atoms with van der Waals surface area (Å²) in [6.45, 7) is 2.76. The monoisotopic (exact) mass is 340 g/mol. The zero-order valence-electron chi connectivity index (χ0n) is 11.3. The van der Waals surface area contributed by atoms with Crippen molar-refractivity contribution in [1.29, 1.82) is 0 Å². The van der Waals surface area contributed by atoms with Crippen molar-refractivity contribution < 1.29 is 9.18 Å². The molecule has 0 N–H and O–H groups in total. The maximum atomic E-state index is 14.1. The molecule has 1 aromatic carbocycles. The fourth-order valence-corrected chi connectivity index (χ4v) is 3.07. The minimum atomic E-state index is -1.56. The second-order valence-corrected chi connectivity index (χ2v) is 6.49. The van der Waals surface area contributed by atoms with Crippen LogP contribution < -0.4 is 4.90 Å². The minimum absolute atomic E-state index is 0.292. The Bertz CT molecular complexity index is 493. The molecule has 1 aromatic rings. The summed E-state index contributed by atoms with van der Waals surface area (Å²) in [5.74, 6) is -0.292. The van der Waals surface area contributed by atoms with Gasteiger partial charge in [-0.05, 0) is 43.5 Å². The molecule has 3 nitrogen and oxygen atoms in total. The molecule has 2 aliphatic rings. The molecule has 1 amide bonds. The van der Waals surface area contributed by atoms with Crippen LogP contribution in [0.15, 0.2) is 28.7 Å². The molecular weight excluding hydrogens is 323 g/mol. The lowest BCUT2D eigenvalue weighted by Crippen LogP contribution is -2.56. The molecule has 1 aliphatic carbocycles. The highest BCUT2D eigenvalue weighted by molar-refractivity contribution is 9.10. The first-order chi connectivity index (χ1) is 9.58. The highest BCUT2D eigenvalue weighted by Gasteiger charge is 2.47. The molecule has 0 unspecified atom stereocenters. The molecule has 1 saturated heterocycles. The van der Waals surface area contributed by atoms with Crippen molar-refractivity contribution in [3.8, 4) is 0 Å². The number of amides is 1. The summed E-state index contributed by atoms with van der Waals surface area (Å²) in [7, 11) is 0. The average molecular weight is 341 g/mol. The maximum Gasteiger partial charge on any atom is 0.260 e. The van der Waals surface area contributed by atoms with Gasteiger partial charge in [0.15, 0.2) is 5.67 Å². The lowest BCUT2D eigenvalue weighted by atomic mass is 9.81. The highest BCUT2D eigenvalue weighted by Crippen LogP contribution is 2.37. The number of anilines is 1. The highest BCUT2D eigenvalue weighted by atomic mass is 79.9. The lowest BCUT2D eigenvalue weighted by Gasteiger charge is -2.41. The number of benzene rings is 1. The fraction of sp³-hybridized carbons (Fsp3) is 0.533. The molecule has 0 bridgehead atoms. The van der Waals surface area contributed by atoms with E-state index in [2.05, 4.69) is 33.0 Å². The molecule has 1 saturated carbocycles. The van der Waals surface area contributed by atoms with Gasteiger partial charge in [0, 0.05) is 36.3 Å². The number of hydrogen-bond donors (Lipinski definition) is 0. The number of carbonyl (C=O) groups excluding carboxylic acids is 1. The predicted molar refractivity (Wildman–Crippen MR) is 80.6 cm³/mol. The van der Waals surface area contributed by atoms with Gasteiger partial charge in [-0.15, -0.1) is 0 Å². The molecule has 5 heteroatoms. The smallest absolute Gasteiger partial charge is 0.260 e. The fourth-order valence-electron chi connectivity index (χ4n) is 2.80. The molecule has 0 aromatic heterocycles. The molecule has 20 heavy (non-hydrogen) atoms. The van der Waals surface area contributed by atoms with E-state index in [4.69, 9.17) is 0 Å².